The molecule has 3 aromatic carbocycles. The number of carbonyl (C=O) groups excluding carboxylic acids is 1. The van der Waals surface area contributed by atoms with Crippen molar-refractivity contribution in [2.45, 2.75) is 11.8 Å². The summed E-state index contributed by atoms with van der Waals surface area (Å²) in [5, 5.41) is 2.72. The van der Waals surface area contributed by atoms with Crippen LogP contribution in [0.15, 0.2) is 76.0 Å². The zero-order valence-corrected chi connectivity index (χ0v) is 16.5. The Morgan fingerprint density at radius 3 is 2.50 bits per heavy atom. The molecule has 0 atom stereocenters. The van der Waals surface area contributed by atoms with E-state index in [4.69, 9.17) is 4.42 Å². The second-order valence-corrected chi connectivity index (χ2v) is 8.19. The van der Waals surface area contributed by atoms with Gasteiger partial charge in [0.1, 0.15) is 11.3 Å². The Bertz CT molecular complexity index is 1350. The molecule has 1 amide bonds. The maximum atomic E-state index is 13.0. The van der Waals surface area contributed by atoms with Gasteiger partial charge in [-0.15, -0.1) is 0 Å². The number of hydrogen-bond donors (Lipinski definition) is 2. The summed E-state index contributed by atoms with van der Waals surface area (Å²) in [6.45, 7) is 1.73. The topological polar surface area (TPSA) is 101 Å². The summed E-state index contributed by atoms with van der Waals surface area (Å²) in [7, 11) is -3.96. The number of amides is 1. The highest BCUT2D eigenvalue weighted by atomic mass is 32.2. The van der Waals surface area contributed by atoms with E-state index in [1.807, 2.05) is 0 Å². The summed E-state index contributed by atoms with van der Waals surface area (Å²) in [5.74, 6) is -0.441. The average Bonchev–Trinajstić information content (AvgIpc) is 3.09. The van der Waals surface area contributed by atoms with E-state index in [2.05, 4.69) is 15.0 Å². The molecular weight excluding hydrogens is 409 g/mol. The Morgan fingerprint density at radius 2 is 1.73 bits per heavy atom. The molecule has 0 saturated heterocycles. The Labute approximate surface area is 171 Å². The number of carbonyl (C=O) groups is 1. The van der Waals surface area contributed by atoms with Gasteiger partial charge >= 0.3 is 0 Å². The third-order valence-electron chi connectivity index (χ3n) is 4.26. The van der Waals surface area contributed by atoms with Crippen LogP contribution in [0.5, 0.6) is 0 Å². The number of aryl methyl sites for hydroxylation is 1. The summed E-state index contributed by atoms with van der Waals surface area (Å²) in [5.41, 5.74) is 2.07. The molecule has 1 aromatic heterocycles. The van der Waals surface area contributed by atoms with E-state index < -0.39 is 21.7 Å². The summed E-state index contributed by atoms with van der Waals surface area (Å²) >= 11 is 0. The number of oxazole rings is 1. The van der Waals surface area contributed by atoms with Crippen LogP contribution in [0.1, 0.15) is 16.2 Å². The highest BCUT2D eigenvalue weighted by Gasteiger charge is 2.17. The lowest BCUT2D eigenvalue weighted by Crippen LogP contribution is -2.16. The quantitative estimate of drug-likeness (QED) is 0.496. The van der Waals surface area contributed by atoms with E-state index in [1.54, 1.807) is 25.1 Å². The van der Waals surface area contributed by atoms with Gasteiger partial charge in [-0.2, -0.15) is 0 Å². The molecule has 0 radical (unpaired) electrons. The summed E-state index contributed by atoms with van der Waals surface area (Å²) in [6.07, 6.45) is 0. The number of hydrogen-bond acceptors (Lipinski definition) is 5. The molecule has 4 aromatic rings. The number of benzene rings is 3. The Balaban J connectivity index is 1.55. The minimum Gasteiger partial charge on any atom is -0.441 e. The first-order chi connectivity index (χ1) is 14.3. The molecule has 2 N–H and O–H groups in total. The van der Waals surface area contributed by atoms with Crippen LogP contribution in [0, 0.1) is 12.7 Å². The van der Waals surface area contributed by atoms with E-state index in [9.17, 15) is 17.6 Å². The van der Waals surface area contributed by atoms with Gasteiger partial charge < -0.3 is 9.73 Å². The minimum absolute atomic E-state index is 0.0953. The fourth-order valence-electron chi connectivity index (χ4n) is 2.86. The number of halogens is 1. The number of fused-ring (bicyclic) bond motifs is 1. The molecule has 9 heteroatoms. The van der Waals surface area contributed by atoms with Crippen LogP contribution in [0.3, 0.4) is 0 Å². The molecule has 0 aliphatic rings. The highest BCUT2D eigenvalue weighted by molar-refractivity contribution is 7.92. The molecule has 0 spiro atoms. The maximum absolute atomic E-state index is 13.0. The number of rotatable bonds is 5. The first-order valence-electron chi connectivity index (χ1n) is 8.87. The van der Waals surface area contributed by atoms with Crippen molar-refractivity contribution in [2.75, 3.05) is 10.0 Å². The van der Waals surface area contributed by atoms with Gasteiger partial charge in [0.05, 0.1) is 4.90 Å². The summed E-state index contributed by atoms with van der Waals surface area (Å²) < 4.78 is 46.0. The van der Waals surface area contributed by atoms with Gasteiger partial charge in [0, 0.05) is 23.9 Å². The predicted molar refractivity (Wildman–Crippen MR) is 110 cm³/mol. The maximum Gasteiger partial charge on any atom is 0.261 e. The fraction of sp³-hybridized carbons (Fsp3) is 0.0476. The van der Waals surface area contributed by atoms with Gasteiger partial charge in [-0.1, -0.05) is 6.07 Å². The normalized spacial score (nSPS) is 11.4. The number of aromatic nitrogens is 1. The second-order valence-electron chi connectivity index (χ2n) is 6.51. The van der Waals surface area contributed by atoms with Gasteiger partial charge in [0.15, 0.2) is 11.5 Å². The standard InChI is InChI=1S/C21H16FN3O4S/c1-13-23-19-12-17(9-10-20(19)29-13)24-21(26)14-3-2-4-18(11-14)30(27,28)25-16-7-5-15(22)6-8-16/h2-12,25H,1H3,(H,24,26). The summed E-state index contributed by atoms with van der Waals surface area (Å²) in [4.78, 5) is 16.7. The van der Waals surface area contributed by atoms with Crippen LogP contribution >= 0.6 is 0 Å². The lowest BCUT2D eigenvalue weighted by Gasteiger charge is -2.10. The van der Waals surface area contributed by atoms with Crippen molar-refractivity contribution in [3.63, 3.8) is 0 Å². The first-order valence-corrected chi connectivity index (χ1v) is 10.4. The van der Waals surface area contributed by atoms with Crippen molar-refractivity contribution in [3.8, 4) is 0 Å². The van der Waals surface area contributed by atoms with E-state index in [0.29, 0.717) is 22.7 Å². The summed E-state index contributed by atoms with van der Waals surface area (Å²) in [6, 6.07) is 15.6. The van der Waals surface area contributed by atoms with Crippen molar-refractivity contribution in [1.82, 2.24) is 4.98 Å². The van der Waals surface area contributed by atoms with Crippen molar-refractivity contribution < 1.29 is 22.0 Å². The van der Waals surface area contributed by atoms with Crippen LogP contribution in [0.25, 0.3) is 11.1 Å². The monoisotopic (exact) mass is 425 g/mol. The predicted octanol–water partition coefficient (Wildman–Crippen LogP) is 4.33. The van der Waals surface area contributed by atoms with Crippen molar-refractivity contribution in [2.24, 2.45) is 0 Å². The van der Waals surface area contributed by atoms with Gasteiger partial charge in [0.2, 0.25) is 0 Å². The minimum atomic E-state index is -3.96. The van der Waals surface area contributed by atoms with Crippen molar-refractivity contribution in [3.05, 3.63) is 84.0 Å². The zero-order chi connectivity index (χ0) is 21.3. The number of sulfonamides is 1. The van der Waals surface area contributed by atoms with Crippen LogP contribution in [0.4, 0.5) is 15.8 Å². The highest BCUT2D eigenvalue weighted by Crippen LogP contribution is 2.21. The Hall–Kier alpha value is -3.72. The molecule has 7 nitrogen and oxygen atoms in total. The Morgan fingerprint density at radius 1 is 1.00 bits per heavy atom. The lowest BCUT2D eigenvalue weighted by molar-refractivity contribution is 0.102. The van der Waals surface area contributed by atoms with Crippen molar-refractivity contribution >= 4 is 38.4 Å². The molecule has 0 bridgehead atoms. The van der Waals surface area contributed by atoms with Gasteiger partial charge in [-0.3, -0.25) is 9.52 Å². The zero-order valence-electron chi connectivity index (χ0n) is 15.7. The Kier molecular flexibility index (Phi) is 4.96. The molecular formula is C21H16FN3O4S. The van der Waals surface area contributed by atoms with Gasteiger partial charge in [0.25, 0.3) is 15.9 Å². The molecule has 0 saturated carbocycles. The molecule has 1 heterocycles. The number of nitrogens with one attached hydrogen (secondary N) is 2. The van der Waals surface area contributed by atoms with E-state index in [-0.39, 0.29) is 16.1 Å². The molecule has 0 aliphatic carbocycles. The largest absolute Gasteiger partial charge is 0.441 e. The molecule has 4 rings (SSSR count). The van der Waals surface area contributed by atoms with Crippen LogP contribution in [0.2, 0.25) is 0 Å². The van der Waals surface area contributed by atoms with Crippen LogP contribution in [-0.2, 0) is 10.0 Å². The number of nitrogens with zero attached hydrogens (tertiary/aromatic N) is 1. The van der Waals surface area contributed by atoms with Gasteiger partial charge in [-0.05, 0) is 60.7 Å². The first kappa shape index (κ1) is 19.6. The molecule has 0 fully saturated rings. The van der Waals surface area contributed by atoms with Crippen molar-refractivity contribution in [1.29, 1.82) is 0 Å². The smallest absolute Gasteiger partial charge is 0.261 e. The van der Waals surface area contributed by atoms with E-state index in [1.165, 1.54) is 36.4 Å². The lowest BCUT2D eigenvalue weighted by atomic mass is 10.2. The number of anilines is 2. The van der Waals surface area contributed by atoms with Crippen LogP contribution < -0.4 is 10.0 Å². The molecule has 30 heavy (non-hydrogen) atoms. The van der Waals surface area contributed by atoms with E-state index in [0.717, 1.165) is 12.1 Å². The SMILES string of the molecule is Cc1nc2cc(NC(=O)c3cccc(S(=O)(=O)Nc4ccc(F)cc4)c3)ccc2o1. The van der Waals surface area contributed by atoms with Gasteiger partial charge in [-0.25, -0.2) is 17.8 Å². The average molecular weight is 425 g/mol. The third kappa shape index (κ3) is 4.15. The fourth-order valence-corrected chi connectivity index (χ4v) is 3.96. The second kappa shape index (κ2) is 7.60. The van der Waals surface area contributed by atoms with E-state index >= 15 is 0 Å². The molecule has 0 unspecified atom stereocenters. The molecule has 152 valence electrons. The molecule has 0 aliphatic heterocycles. The third-order valence-corrected chi connectivity index (χ3v) is 5.63. The van der Waals surface area contributed by atoms with Crippen LogP contribution in [-0.4, -0.2) is 19.3 Å².